The second-order valence-corrected chi connectivity index (χ2v) is 9.33. The van der Waals surface area contributed by atoms with Gasteiger partial charge in [-0.3, -0.25) is 10.1 Å². The zero-order valence-corrected chi connectivity index (χ0v) is 19.1. The third kappa shape index (κ3) is 3.86. The lowest BCUT2D eigenvalue weighted by Crippen LogP contribution is -2.61. The normalized spacial score (nSPS) is 23.2. The van der Waals surface area contributed by atoms with Crippen molar-refractivity contribution in [1.82, 2.24) is 19.8 Å². The number of hydrogen-bond acceptors (Lipinski definition) is 7. The van der Waals surface area contributed by atoms with E-state index in [9.17, 15) is 10.1 Å². The first-order valence-corrected chi connectivity index (χ1v) is 11.5. The Bertz CT molecular complexity index is 1020. The van der Waals surface area contributed by atoms with Crippen LogP contribution in [0.4, 0.5) is 5.69 Å². The summed E-state index contributed by atoms with van der Waals surface area (Å²) in [6.07, 6.45) is 4.50. The Morgan fingerprint density at radius 3 is 2.71 bits per heavy atom. The fourth-order valence-corrected chi connectivity index (χ4v) is 5.20. The van der Waals surface area contributed by atoms with Gasteiger partial charge in [-0.05, 0) is 55.2 Å². The molecule has 5 rings (SSSR count). The molecule has 0 saturated carbocycles. The summed E-state index contributed by atoms with van der Waals surface area (Å²) in [6, 6.07) is 11.3. The van der Waals surface area contributed by atoms with Gasteiger partial charge in [-0.15, -0.1) is 0 Å². The zero-order valence-electron chi connectivity index (χ0n) is 16.7. The quantitative estimate of drug-likeness (QED) is 0.369. The molecule has 2 bridgehead atoms. The molecule has 0 radical (unpaired) electrons. The van der Waals surface area contributed by atoms with Gasteiger partial charge in [-0.1, -0.05) is 33.6 Å². The first-order valence-electron chi connectivity index (χ1n) is 10.3. The van der Waals surface area contributed by atoms with Gasteiger partial charge in [0.05, 0.1) is 4.92 Å². The summed E-state index contributed by atoms with van der Waals surface area (Å²) in [5.41, 5.74) is 5.66. The van der Waals surface area contributed by atoms with E-state index in [1.165, 1.54) is 0 Å². The maximum Gasteiger partial charge on any atom is 0.305 e. The summed E-state index contributed by atoms with van der Waals surface area (Å²) >= 11 is 9.37. The van der Waals surface area contributed by atoms with Crippen LogP contribution in [-0.2, 0) is 6.54 Å². The topological polar surface area (TPSA) is 77.8 Å². The van der Waals surface area contributed by atoms with Crippen molar-refractivity contribution in [2.24, 2.45) is 0 Å². The molecule has 2 unspecified atom stereocenters. The Morgan fingerprint density at radius 2 is 2.00 bits per heavy atom. The summed E-state index contributed by atoms with van der Waals surface area (Å²) in [4.78, 5) is 20.6. The summed E-state index contributed by atoms with van der Waals surface area (Å²) in [6.45, 7) is 2.07. The van der Waals surface area contributed by atoms with E-state index in [4.69, 9.17) is 11.6 Å². The number of hydrazine groups is 1. The number of aromatic nitrogens is 1. The van der Waals surface area contributed by atoms with Crippen LogP contribution in [0.1, 0.15) is 24.8 Å². The van der Waals surface area contributed by atoms with E-state index in [0.717, 1.165) is 53.9 Å². The molecule has 2 fully saturated rings. The number of nitro groups is 1. The molecule has 4 heterocycles. The molecule has 31 heavy (non-hydrogen) atoms. The van der Waals surface area contributed by atoms with E-state index in [2.05, 4.69) is 41.1 Å². The number of hydrogen-bond donors (Lipinski definition) is 1. The van der Waals surface area contributed by atoms with Crippen LogP contribution in [0, 0.1) is 10.1 Å². The van der Waals surface area contributed by atoms with Gasteiger partial charge in [0.2, 0.25) is 0 Å². The lowest BCUT2D eigenvalue weighted by molar-refractivity contribution is -0.440. The number of nitrogens with one attached hydrogen (secondary N) is 1. The molecular formula is C21H22BrClN6O2. The van der Waals surface area contributed by atoms with Crippen LogP contribution in [0.2, 0.25) is 5.15 Å². The van der Waals surface area contributed by atoms with Gasteiger partial charge in [0.15, 0.2) is 5.82 Å². The third-order valence-electron chi connectivity index (χ3n) is 6.14. The Balaban J connectivity index is 1.49. The van der Waals surface area contributed by atoms with E-state index in [1.54, 1.807) is 12.3 Å². The fraction of sp³-hybridized carbons (Fsp3) is 0.381. The Hall–Kier alpha value is -2.36. The van der Waals surface area contributed by atoms with Gasteiger partial charge in [-0.25, -0.2) is 4.98 Å². The molecule has 1 aromatic carbocycles. The molecule has 2 aromatic rings. The number of rotatable bonds is 5. The van der Waals surface area contributed by atoms with Gasteiger partial charge in [0.25, 0.3) is 0 Å². The number of pyridine rings is 1. The van der Waals surface area contributed by atoms with Crippen LogP contribution in [0.15, 0.2) is 58.6 Å². The average Bonchev–Trinajstić information content (AvgIpc) is 3.14. The second-order valence-electron chi connectivity index (χ2n) is 8.02. The molecule has 3 aliphatic rings. The molecule has 3 aliphatic heterocycles. The van der Waals surface area contributed by atoms with Gasteiger partial charge in [-0.2, -0.15) is 5.01 Å². The summed E-state index contributed by atoms with van der Waals surface area (Å²) in [5, 5.41) is 14.8. The monoisotopic (exact) mass is 504 g/mol. The summed E-state index contributed by atoms with van der Waals surface area (Å²) in [5.74, 6) is 0.753. The van der Waals surface area contributed by atoms with E-state index >= 15 is 0 Å². The van der Waals surface area contributed by atoms with E-state index in [1.807, 2.05) is 30.3 Å². The molecular weight excluding hydrogens is 484 g/mol. The average molecular weight is 506 g/mol. The largest absolute Gasteiger partial charge is 0.347 e. The minimum absolute atomic E-state index is 0.0782. The van der Waals surface area contributed by atoms with Crippen molar-refractivity contribution < 1.29 is 4.92 Å². The second kappa shape index (κ2) is 8.29. The van der Waals surface area contributed by atoms with Crippen LogP contribution in [-0.4, -0.2) is 50.0 Å². The maximum atomic E-state index is 12.3. The molecule has 0 aliphatic carbocycles. The van der Waals surface area contributed by atoms with Crippen LogP contribution in [0.3, 0.4) is 0 Å². The first-order chi connectivity index (χ1) is 15.0. The zero-order chi connectivity index (χ0) is 21.5. The molecule has 2 saturated heterocycles. The third-order valence-corrected chi connectivity index (χ3v) is 6.90. The van der Waals surface area contributed by atoms with Crippen molar-refractivity contribution in [2.45, 2.75) is 38.0 Å². The van der Waals surface area contributed by atoms with Crippen molar-refractivity contribution in [3.05, 3.63) is 79.4 Å². The highest BCUT2D eigenvalue weighted by Crippen LogP contribution is 2.41. The Labute approximate surface area is 193 Å². The van der Waals surface area contributed by atoms with E-state index in [-0.39, 0.29) is 22.8 Å². The molecule has 10 heteroatoms. The van der Waals surface area contributed by atoms with Crippen LogP contribution >= 0.6 is 27.5 Å². The molecule has 8 nitrogen and oxygen atoms in total. The van der Waals surface area contributed by atoms with Gasteiger partial charge >= 0.3 is 5.70 Å². The number of halogens is 2. The molecule has 1 N–H and O–H groups in total. The van der Waals surface area contributed by atoms with Crippen molar-refractivity contribution in [3.63, 3.8) is 0 Å². The lowest BCUT2D eigenvalue weighted by atomic mass is 9.94. The number of nitrogens with zero attached hydrogens (tertiary/aromatic N) is 5. The number of fused-ring (bicyclic) bond motifs is 4. The number of piperidine rings is 1. The van der Waals surface area contributed by atoms with Gasteiger partial charge in [0.1, 0.15) is 17.4 Å². The van der Waals surface area contributed by atoms with Crippen LogP contribution in [0.25, 0.3) is 0 Å². The summed E-state index contributed by atoms with van der Waals surface area (Å²) < 4.78 is 0.997. The molecule has 0 amide bonds. The van der Waals surface area contributed by atoms with Gasteiger partial charge < -0.3 is 15.2 Å². The van der Waals surface area contributed by atoms with Gasteiger partial charge in [0, 0.05) is 36.0 Å². The number of anilines is 1. The smallest absolute Gasteiger partial charge is 0.305 e. The van der Waals surface area contributed by atoms with Crippen molar-refractivity contribution >= 4 is 33.2 Å². The first kappa shape index (κ1) is 20.5. The molecule has 0 spiro atoms. The Morgan fingerprint density at radius 1 is 1.19 bits per heavy atom. The maximum absolute atomic E-state index is 12.3. The van der Waals surface area contributed by atoms with Crippen LogP contribution < -0.4 is 5.43 Å². The van der Waals surface area contributed by atoms with Crippen molar-refractivity contribution in [3.8, 4) is 0 Å². The highest BCUT2D eigenvalue weighted by molar-refractivity contribution is 9.10. The van der Waals surface area contributed by atoms with E-state index in [0.29, 0.717) is 11.7 Å². The summed E-state index contributed by atoms with van der Waals surface area (Å²) in [7, 11) is 0. The van der Waals surface area contributed by atoms with Crippen molar-refractivity contribution in [1.29, 1.82) is 0 Å². The van der Waals surface area contributed by atoms with Crippen LogP contribution in [0.5, 0.6) is 0 Å². The molecule has 162 valence electrons. The predicted molar refractivity (Wildman–Crippen MR) is 121 cm³/mol. The molecule has 1 aromatic heterocycles. The number of benzene rings is 1. The minimum Gasteiger partial charge on any atom is -0.347 e. The fourth-order valence-electron chi connectivity index (χ4n) is 4.83. The SMILES string of the molecule is O=[N+]([O-])C1=C2N(Cc3ccc(Cl)nc3)CCN2C2CCCC1N2Nc1ccc(Br)cc1. The minimum atomic E-state index is -0.285. The van der Waals surface area contributed by atoms with Crippen molar-refractivity contribution in [2.75, 3.05) is 18.5 Å². The molecule has 2 atom stereocenters. The lowest BCUT2D eigenvalue weighted by Gasteiger charge is -2.49. The highest BCUT2D eigenvalue weighted by Gasteiger charge is 2.52. The Kier molecular flexibility index (Phi) is 5.49. The highest BCUT2D eigenvalue weighted by atomic mass is 79.9. The standard InChI is InChI=1S/C21H22BrClN6O2/c22-15-5-7-16(8-6-15)25-28-17-2-1-3-19(28)27-11-10-26(21(27)20(17)29(30)31)13-14-4-9-18(23)24-12-14/h4-9,12,17,19,25H,1-3,10-11,13H2. The van der Waals surface area contributed by atoms with E-state index < -0.39 is 0 Å². The predicted octanol–water partition coefficient (Wildman–Crippen LogP) is 4.28.